The first-order valence-electron chi connectivity index (χ1n) is 18.2. The lowest BCUT2D eigenvalue weighted by Crippen LogP contribution is -2.22. The number of rotatable bonds is 5. The first kappa shape index (κ1) is 29.8. The quantitative estimate of drug-likeness (QED) is 0.181. The molecule has 0 bridgehead atoms. The van der Waals surface area contributed by atoms with Crippen molar-refractivity contribution in [2.24, 2.45) is 0 Å². The summed E-state index contributed by atoms with van der Waals surface area (Å²) in [4.78, 5) is 2.29. The van der Waals surface area contributed by atoms with Gasteiger partial charge < -0.3 is 13.7 Å². The molecule has 11 rings (SSSR count). The van der Waals surface area contributed by atoms with Crippen LogP contribution in [0.5, 0.6) is 0 Å². The van der Waals surface area contributed by atoms with Crippen LogP contribution in [0.4, 0.5) is 17.1 Å². The van der Waals surface area contributed by atoms with Gasteiger partial charge in [0.25, 0.3) is 0 Å². The van der Waals surface area contributed by atoms with Crippen LogP contribution < -0.4 is 4.90 Å². The minimum Gasteiger partial charge on any atom is -0.456 e. The molecule has 0 amide bonds. The van der Waals surface area contributed by atoms with Crippen LogP contribution in [-0.2, 0) is 5.41 Å². The van der Waals surface area contributed by atoms with Gasteiger partial charge >= 0.3 is 0 Å². The molecule has 0 atom stereocenters. The maximum atomic E-state index is 7.00. The molecule has 0 saturated heterocycles. The van der Waals surface area contributed by atoms with Crippen molar-refractivity contribution in [1.82, 2.24) is 0 Å². The Kier molecular flexibility index (Phi) is 6.38. The van der Waals surface area contributed by atoms with E-state index in [1.807, 2.05) is 12.1 Å². The third kappa shape index (κ3) is 4.41. The molecule has 2 aromatic heterocycles. The molecule has 3 heteroatoms. The topological polar surface area (TPSA) is 29.5 Å². The van der Waals surface area contributed by atoms with Crippen LogP contribution in [0.2, 0.25) is 0 Å². The molecule has 53 heavy (non-hydrogen) atoms. The summed E-state index contributed by atoms with van der Waals surface area (Å²) < 4.78 is 13.4. The molecule has 0 unspecified atom stereocenters. The molecule has 1 aliphatic rings. The third-order valence-corrected chi connectivity index (χ3v) is 11.4. The van der Waals surface area contributed by atoms with Crippen molar-refractivity contribution in [2.45, 2.75) is 12.3 Å². The molecular formula is C50H33NO2. The zero-order valence-electron chi connectivity index (χ0n) is 29.1. The minimum atomic E-state index is -0.363. The van der Waals surface area contributed by atoms with Crippen molar-refractivity contribution >= 4 is 60.9 Å². The smallest absolute Gasteiger partial charge is 0.139 e. The second-order valence-corrected chi connectivity index (χ2v) is 14.2. The van der Waals surface area contributed by atoms with Crippen LogP contribution in [0.3, 0.4) is 0 Å². The zero-order chi connectivity index (χ0) is 35.1. The van der Waals surface area contributed by atoms with E-state index in [0.717, 1.165) is 60.9 Å². The number of para-hydroxylation sites is 2. The molecule has 0 aliphatic heterocycles. The fourth-order valence-corrected chi connectivity index (χ4v) is 8.80. The normalized spacial score (nSPS) is 13.2. The highest BCUT2D eigenvalue weighted by Crippen LogP contribution is 2.54. The summed E-state index contributed by atoms with van der Waals surface area (Å²) in [7, 11) is 0. The van der Waals surface area contributed by atoms with Crippen molar-refractivity contribution < 1.29 is 8.83 Å². The Morgan fingerprint density at radius 3 is 1.60 bits per heavy atom. The fraction of sp³-hybridized carbons (Fsp3) is 0.0400. The van der Waals surface area contributed by atoms with Crippen LogP contribution in [0.15, 0.2) is 191 Å². The van der Waals surface area contributed by atoms with Gasteiger partial charge in [-0.2, -0.15) is 0 Å². The Morgan fingerprint density at radius 2 is 0.887 bits per heavy atom. The number of hydrogen-bond acceptors (Lipinski definition) is 3. The number of anilines is 3. The van der Waals surface area contributed by atoms with E-state index in [2.05, 4.69) is 182 Å². The standard InChI is InChI=1S/C50H33NO2/c1-50(43-18-8-5-14-37(43)38-15-6-9-19-44(38)50)45-20-11-17-42-41-29-27-36(31-48(41)53-49(42)45)51(34-24-22-33(23-25-34)32-12-3-2-4-13-32)35-26-28-40-39-16-7-10-21-46(39)52-47(40)30-35/h2-31H,1H3. The van der Waals surface area contributed by atoms with E-state index >= 15 is 0 Å². The van der Waals surface area contributed by atoms with Gasteiger partial charge in [0.05, 0.1) is 0 Å². The maximum absolute atomic E-state index is 7.00. The van der Waals surface area contributed by atoms with Crippen molar-refractivity contribution in [2.75, 3.05) is 4.90 Å². The largest absolute Gasteiger partial charge is 0.456 e. The molecular weight excluding hydrogens is 647 g/mol. The minimum absolute atomic E-state index is 0.363. The summed E-state index contributed by atoms with van der Waals surface area (Å²) in [5.41, 5.74) is 14.9. The molecule has 3 nitrogen and oxygen atoms in total. The van der Waals surface area contributed by atoms with Gasteiger partial charge in [-0.1, -0.05) is 127 Å². The monoisotopic (exact) mass is 679 g/mol. The van der Waals surface area contributed by atoms with Gasteiger partial charge in [0, 0.05) is 61.7 Å². The highest BCUT2D eigenvalue weighted by molar-refractivity contribution is 6.09. The fourth-order valence-electron chi connectivity index (χ4n) is 8.80. The van der Waals surface area contributed by atoms with Crippen molar-refractivity contribution in [3.63, 3.8) is 0 Å². The van der Waals surface area contributed by atoms with E-state index in [-0.39, 0.29) is 5.41 Å². The molecule has 0 radical (unpaired) electrons. The Labute approximate surface area is 307 Å². The van der Waals surface area contributed by atoms with E-state index in [0.29, 0.717) is 0 Å². The van der Waals surface area contributed by atoms with Gasteiger partial charge in [0.1, 0.15) is 22.3 Å². The Morgan fingerprint density at radius 1 is 0.377 bits per heavy atom. The SMILES string of the molecule is CC1(c2cccc3c2oc2cc(N(c4ccc(-c5ccccc5)cc4)c4ccc5c(c4)oc4ccccc45)ccc23)c2ccccc2-c2ccccc21. The van der Waals surface area contributed by atoms with Crippen LogP contribution >= 0.6 is 0 Å². The second kappa shape index (κ2) is 11.3. The summed E-state index contributed by atoms with van der Waals surface area (Å²) >= 11 is 0. The first-order valence-corrected chi connectivity index (χ1v) is 18.2. The predicted octanol–water partition coefficient (Wildman–Crippen LogP) is 14.0. The van der Waals surface area contributed by atoms with Gasteiger partial charge in [0.15, 0.2) is 0 Å². The third-order valence-electron chi connectivity index (χ3n) is 11.4. The summed E-state index contributed by atoms with van der Waals surface area (Å²) in [5, 5.41) is 4.44. The average molecular weight is 680 g/mol. The Bertz CT molecular complexity index is 2980. The number of nitrogens with zero attached hydrogens (tertiary/aromatic N) is 1. The molecule has 8 aromatic carbocycles. The summed E-state index contributed by atoms with van der Waals surface area (Å²) in [6.45, 7) is 2.35. The highest BCUT2D eigenvalue weighted by Gasteiger charge is 2.42. The number of benzene rings is 8. The van der Waals surface area contributed by atoms with Crippen LogP contribution in [0.1, 0.15) is 23.6 Å². The molecule has 0 N–H and O–H groups in total. The second-order valence-electron chi connectivity index (χ2n) is 14.2. The van der Waals surface area contributed by atoms with E-state index in [1.54, 1.807) is 0 Å². The molecule has 0 fully saturated rings. The van der Waals surface area contributed by atoms with Crippen LogP contribution in [0, 0.1) is 0 Å². The lowest BCUT2D eigenvalue weighted by atomic mass is 9.74. The molecule has 1 aliphatic carbocycles. The van der Waals surface area contributed by atoms with Crippen molar-refractivity contribution in [3.8, 4) is 22.3 Å². The van der Waals surface area contributed by atoms with Crippen LogP contribution in [-0.4, -0.2) is 0 Å². The van der Waals surface area contributed by atoms with Gasteiger partial charge in [-0.3, -0.25) is 0 Å². The Hall–Kier alpha value is -6.84. The maximum Gasteiger partial charge on any atom is 0.139 e. The number of fused-ring (bicyclic) bond motifs is 9. The molecule has 0 spiro atoms. The summed E-state index contributed by atoms with van der Waals surface area (Å²) in [6.07, 6.45) is 0. The van der Waals surface area contributed by atoms with Crippen LogP contribution in [0.25, 0.3) is 66.1 Å². The number of hydrogen-bond donors (Lipinski definition) is 0. The van der Waals surface area contributed by atoms with E-state index < -0.39 is 0 Å². The molecule has 10 aromatic rings. The number of furan rings is 2. The first-order chi connectivity index (χ1) is 26.1. The summed E-state index contributed by atoms with van der Waals surface area (Å²) in [5.74, 6) is 0. The molecule has 2 heterocycles. The van der Waals surface area contributed by atoms with E-state index in [4.69, 9.17) is 8.83 Å². The zero-order valence-corrected chi connectivity index (χ0v) is 29.1. The lowest BCUT2D eigenvalue weighted by Gasteiger charge is -2.28. The van der Waals surface area contributed by atoms with Gasteiger partial charge in [-0.15, -0.1) is 0 Å². The average Bonchev–Trinajstić information content (AvgIpc) is 3.87. The van der Waals surface area contributed by atoms with Gasteiger partial charge in [0.2, 0.25) is 0 Å². The lowest BCUT2D eigenvalue weighted by molar-refractivity contribution is 0.638. The van der Waals surface area contributed by atoms with E-state index in [9.17, 15) is 0 Å². The van der Waals surface area contributed by atoms with Gasteiger partial charge in [-0.05, 0) is 82.8 Å². The highest BCUT2D eigenvalue weighted by atomic mass is 16.3. The van der Waals surface area contributed by atoms with Crippen molar-refractivity contribution in [3.05, 3.63) is 199 Å². The van der Waals surface area contributed by atoms with Gasteiger partial charge in [-0.25, -0.2) is 0 Å². The Balaban J connectivity index is 1.09. The molecule has 0 saturated carbocycles. The van der Waals surface area contributed by atoms with Crippen molar-refractivity contribution in [1.29, 1.82) is 0 Å². The molecule has 250 valence electrons. The summed E-state index contributed by atoms with van der Waals surface area (Å²) in [6, 6.07) is 64.9. The predicted molar refractivity (Wildman–Crippen MR) is 219 cm³/mol. The van der Waals surface area contributed by atoms with E-state index in [1.165, 1.54) is 38.9 Å².